The minimum Gasteiger partial charge on any atom is -0.466 e. The molecule has 2 heterocycles. The molecule has 0 radical (unpaired) electrons. The van der Waals surface area contributed by atoms with Gasteiger partial charge in [0.25, 0.3) is 5.19 Å². The number of benzene rings is 1. The smallest absolute Gasteiger partial charge is 0.293 e. The third kappa shape index (κ3) is 4.86. The van der Waals surface area contributed by atoms with Crippen LogP contribution in [0.25, 0.3) is 0 Å². The maximum absolute atomic E-state index is 12.9. The highest BCUT2D eigenvalue weighted by molar-refractivity contribution is 7.89. The Morgan fingerprint density at radius 1 is 1.25 bits per heavy atom. The van der Waals surface area contributed by atoms with Crippen LogP contribution < -0.4 is 4.74 Å². The molecule has 0 bridgehead atoms. The standard InChI is InChI=1S/C16H20Cl2N4O3S3/c1-11(2)25-15-19-22(16(26)27-15)10-20-6-8-21(9-7-20)28(23,24)13-5-3-4-12(17)14(13)18/h3-5,11H,6-10H2,1-2H3. The molecule has 0 atom stereocenters. The summed E-state index contributed by atoms with van der Waals surface area (Å²) in [6, 6.07) is 4.62. The normalized spacial score (nSPS) is 16.6. The summed E-state index contributed by atoms with van der Waals surface area (Å²) in [6.07, 6.45) is 0.0288. The predicted molar refractivity (Wildman–Crippen MR) is 113 cm³/mol. The highest BCUT2D eigenvalue weighted by Crippen LogP contribution is 2.31. The molecule has 0 aliphatic carbocycles. The van der Waals surface area contributed by atoms with E-state index < -0.39 is 10.0 Å². The summed E-state index contributed by atoms with van der Waals surface area (Å²) in [5, 5.41) is 5.20. The first kappa shape index (κ1) is 21.9. The molecule has 0 saturated carbocycles. The van der Waals surface area contributed by atoms with Gasteiger partial charge in [-0.1, -0.05) is 29.3 Å². The van der Waals surface area contributed by atoms with Gasteiger partial charge in [-0.05, 0) is 49.5 Å². The number of hydrogen-bond donors (Lipinski definition) is 0. The number of hydrogen-bond acceptors (Lipinski definition) is 7. The number of aromatic nitrogens is 2. The fourth-order valence-corrected chi connectivity index (χ4v) is 5.95. The zero-order valence-electron chi connectivity index (χ0n) is 15.3. The van der Waals surface area contributed by atoms with Crippen molar-refractivity contribution >= 4 is 56.8 Å². The average Bonchev–Trinajstić information content (AvgIpc) is 2.96. The van der Waals surface area contributed by atoms with Gasteiger partial charge in [0.05, 0.1) is 22.8 Å². The molecule has 0 spiro atoms. The van der Waals surface area contributed by atoms with Crippen LogP contribution in [-0.2, 0) is 16.7 Å². The van der Waals surface area contributed by atoms with Gasteiger partial charge in [-0.15, -0.1) is 5.10 Å². The van der Waals surface area contributed by atoms with Crippen LogP contribution in [-0.4, -0.2) is 59.7 Å². The summed E-state index contributed by atoms with van der Waals surface area (Å²) in [5.41, 5.74) is 0. The lowest BCUT2D eigenvalue weighted by atomic mass is 10.4. The van der Waals surface area contributed by atoms with Crippen LogP contribution in [0.2, 0.25) is 10.0 Å². The van der Waals surface area contributed by atoms with E-state index in [1.54, 1.807) is 16.8 Å². The van der Waals surface area contributed by atoms with Gasteiger partial charge in [-0.25, -0.2) is 13.1 Å². The molecular formula is C16H20Cl2N4O3S3. The summed E-state index contributed by atoms with van der Waals surface area (Å²) in [6.45, 7) is 6.15. The minimum atomic E-state index is -3.70. The Morgan fingerprint density at radius 3 is 2.57 bits per heavy atom. The van der Waals surface area contributed by atoms with Crippen molar-refractivity contribution in [2.45, 2.75) is 31.5 Å². The Balaban J connectivity index is 1.65. The maximum Gasteiger partial charge on any atom is 0.293 e. The second-order valence-electron chi connectivity index (χ2n) is 6.52. The van der Waals surface area contributed by atoms with E-state index in [-0.39, 0.29) is 21.0 Å². The van der Waals surface area contributed by atoms with E-state index in [1.807, 2.05) is 13.8 Å². The molecule has 7 nitrogen and oxygen atoms in total. The Labute approximate surface area is 183 Å². The number of sulfonamides is 1. The lowest BCUT2D eigenvalue weighted by molar-refractivity contribution is 0.142. The largest absolute Gasteiger partial charge is 0.466 e. The first-order valence-electron chi connectivity index (χ1n) is 8.59. The molecule has 1 saturated heterocycles. The van der Waals surface area contributed by atoms with Gasteiger partial charge in [0.1, 0.15) is 4.90 Å². The highest BCUT2D eigenvalue weighted by atomic mass is 35.5. The van der Waals surface area contributed by atoms with Crippen molar-refractivity contribution in [1.82, 2.24) is 19.0 Å². The molecule has 28 heavy (non-hydrogen) atoms. The van der Waals surface area contributed by atoms with Crippen molar-refractivity contribution in [2.75, 3.05) is 26.2 Å². The molecule has 0 amide bonds. The molecule has 1 aliphatic rings. The predicted octanol–water partition coefficient (Wildman–Crippen LogP) is 3.73. The van der Waals surface area contributed by atoms with Gasteiger partial charge in [0.2, 0.25) is 10.0 Å². The maximum atomic E-state index is 12.9. The zero-order chi connectivity index (χ0) is 20.5. The van der Waals surface area contributed by atoms with Crippen LogP contribution in [0.5, 0.6) is 5.19 Å². The average molecular weight is 483 g/mol. The second kappa shape index (κ2) is 8.95. The molecule has 3 rings (SSSR count). The first-order valence-corrected chi connectivity index (χ1v) is 12.0. The summed E-state index contributed by atoms with van der Waals surface area (Å²) in [4.78, 5) is 2.13. The van der Waals surface area contributed by atoms with Crippen molar-refractivity contribution in [3.8, 4) is 5.19 Å². The van der Waals surface area contributed by atoms with Gasteiger partial charge in [0, 0.05) is 26.2 Å². The monoisotopic (exact) mass is 482 g/mol. The number of nitrogens with zero attached hydrogens (tertiary/aromatic N) is 4. The van der Waals surface area contributed by atoms with Crippen LogP contribution in [0.1, 0.15) is 13.8 Å². The Hall–Kier alpha value is -0.750. The summed E-state index contributed by atoms with van der Waals surface area (Å²) >= 11 is 18.7. The Kier molecular flexibility index (Phi) is 7.01. The molecule has 0 N–H and O–H groups in total. The van der Waals surface area contributed by atoms with Crippen LogP contribution in [0.15, 0.2) is 23.1 Å². The molecule has 154 valence electrons. The van der Waals surface area contributed by atoms with Crippen LogP contribution in [0.4, 0.5) is 0 Å². The molecule has 1 aromatic heterocycles. The second-order valence-corrected chi connectivity index (χ2v) is 10.8. The minimum absolute atomic E-state index is 0.0288. The van der Waals surface area contributed by atoms with Crippen LogP contribution >= 0.6 is 46.8 Å². The number of piperazine rings is 1. The van der Waals surface area contributed by atoms with E-state index in [2.05, 4.69) is 10.00 Å². The molecule has 0 unspecified atom stereocenters. The third-order valence-corrected chi connectivity index (χ3v) is 8.19. The fourth-order valence-electron chi connectivity index (χ4n) is 2.75. The van der Waals surface area contributed by atoms with E-state index in [9.17, 15) is 8.42 Å². The molecule has 2 aromatic rings. The SMILES string of the molecule is CC(C)Oc1nn(CN2CCN(S(=O)(=O)c3cccc(Cl)c3Cl)CC2)c(=S)s1. The van der Waals surface area contributed by atoms with Crippen molar-refractivity contribution in [3.63, 3.8) is 0 Å². The fraction of sp³-hybridized carbons (Fsp3) is 0.500. The number of halogens is 2. The van der Waals surface area contributed by atoms with E-state index in [0.717, 1.165) is 0 Å². The van der Waals surface area contributed by atoms with Gasteiger partial charge < -0.3 is 4.74 Å². The molecule has 1 aromatic carbocycles. The molecule has 1 aliphatic heterocycles. The van der Waals surface area contributed by atoms with Crippen LogP contribution in [0, 0.1) is 3.95 Å². The Bertz CT molecular complexity index is 999. The number of ether oxygens (including phenoxy) is 1. The highest BCUT2D eigenvalue weighted by Gasteiger charge is 2.30. The van der Waals surface area contributed by atoms with Crippen molar-refractivity contribution < 1.29 is 13.2 Å². The van der Waals surface area contributed by atoms with E-state index in [1.165, 1.54) is 21.7 Å². The summed E-state index contributed by atoms with van der Waals surface area (Å²) in [5.74, 6) is 0. The van der Waals surface area contributed by atoms with Gasteiger partial charge in [-0.3, -0.25) is 4.90 Å². The van der Waals surface area contributed by atoms with E-state index in [4.69, 9.17) is 40.2 Å². The Morgan fingerprint density at radius 2 is 1.93 bits per heavy atom. The van der Waals surface area contributed by atoms with Crippen molar-refractivity contribution in [1.29, 1.82) is 0 Å². The summed E-state index contributed by atoms with van der Waals surface area (Å²) in [7, 11) is -3.70. The van der Waals surface area contributed by atoms with Gasteiger partial charge in [0.15, 0.2) is 3.95 Å². The van der Waals surface area contributed by atoms with Crippen molar-refractivity contribution in [3.05, 3.63) is 32.2 Å². The molecular weight excluding hydrogens is 463 g/mol. The number of rotatable bonds is 6. The van der Waals surface area contributed by atoms with Crippen LogP contribution in [0.3, 0.4) is 0 Å². The van der Waals surface area contributed by atoms with Crippen molar-refractivity contribution in [2.24, 2.45) is 0 Å². The first-order chi connectivity index (χ1) is 13.2. The molecule has 12 heteroatoms. The quantitative estimate of drug-likeness (QED) is 0.584. The summed E-state index contributed by atoms with van der Waals surface area (Å²) < 4.78 is 35.1. The molecule has 1 fully saturated rings. The topological polar surface area (TPSA) is 67.7 Å². The zero-order valence-corrected chi connectivity index (χ0v) is 19.3. The lowest BCUT2D eigenvalue weighted by Crippen LogP contribution is -2.49. The van der Waals surface area contributed by atoms with Gasteiger partial charge in [-0.2, -0.15) is 4.31 Å². The van der Waals surface area contributed by atoms with Gasteiger partial charge >= 0.3 is 0 Å². The third-order valence-electron chi connectivity index (χ3n) is 4.12. The van der Waals surface area contributed by atoms with E-state index >= 15 is 0 Å². The lowest BCUT2D eigenvalue weighted by Gasteiger charge is -2.33. The van der Waals surface area contributed by atoms with E-state index in [0.29, 0.717) is 42.0 Å².